The quantitative estimate of drug-likeness (QED) is 0.381. The lowest BCUT2D eigenvalue weighted by molar-refractivity contribution is 0.774. The molecular weight excluding hydrogens is 398 g/mol. The third-order valence-electron chi connectivity index (χ3n) is 6.88. The molecule has 0 spiro atoms. The van der Waals surface area contributed by atoms with Crippen molar-refractivity contribution >= 4 is 26.5 Å². The monoisotopic (exact) mass is 430 g/mol. The van der Waals surface area contributed by atoms with Gasteiger partial charge in [-0.3, -0.25) is 0 Å². The average molecular weight is 431 g/mol. The summed E-state index contributed by atoms with van der Waals surface area (Å²) in [6.07, 6.45) is 11.1. The molecular formula is C28H32P2. The maximum atomic E-state index is 2.52. The number of hydrogen-bond acceptors (Lipinski definition) is 0. The lowest BCUT2D eigenvalue weighted by Gasteiger charge is -2.28. The van der Waals surface area contributed by atoms with Crippen LogP contribution in [0, 0.1) is 0 Å². The highest BCUT2D eigenvalue weighted by molar-refractivity contribution is 7.73. The van der Waals surface area contributed by atoms with Crippen molar-refractivity contribution in [2.24, 2.45) is 0 Å². The van der Waals surface area contributed by atoms with Crippen LogP contribution in [0.5, 0.6) is 0 Å². The van der Waals surface area contributed by atoms with Crippen LogP contribution in [-0.4, -0.2) is 23.6 Å². The highest BCUT2D eigenvalue weighted by Crippen LogP contribution is 2.55. The van der Waals surface area contributed by atoms with E-state index in [1.165, 1.54) is 62.0 Å². The summed E-state index contributed by atoms with van der Waals surface area (Å²) in [5, 5.41) is 3.55. The molecule has 2 heteroatoms. The van der Waals surface area contributed by atoms with E-state index in [0.717, 1.165) is 11.3 Å². The van der Waals surface area contributed by atoms with Crippen LogP contribution in [0.3, 0.4) is 0 Å². The molecule has 0 aliphatic carbocycles. The van der Waals surface area contributed by atoms with Crippen LogP contribution in [0.2, 0.25) is 0 Å². The fourth-order valence-corrected chi connectivity index (χ4v) is 12.4. The molecule has 2 fully saturated rings. The summed E-state index contributed by atoms with van der Waals surface area (Å²) in [6, 6.07) is 32.1. The first-order chi connectivity index (χ1) is 14.9. The predicted octanol–water partition coefficient (Wildman–Crippen LogP) is 6.71. The number of hydrogen-bond donors (Lipinski definition) is 0. The molecule has 2 aliphatic heterocycles. The molecule has 0 bridgehead atoms. The average Bonchev–Trinajstić information content (AvgIpc) is 3.45. The van der Waals surface area contributed by atoms with Crippen LogP contribution in [0.15, 0.2) is 84.9 Å². The van der Waals surface area contributed by atoms with Crippen LogP contribution in [0.4, 0.5) is 0 Å². The minimum Gasteiger partial charge on any atom is -0.0711 e. The third-order valence-corrected chi connectivity index (χ3v) is 13.3. The van der Waals surface area contributed by atoms with E-state index in [0.29, 0.717) is 0 Å². The van der Waals surface area contributed by atoms with Crippen molar-refractivity contribution in [3.8, 4) is 0 Å². The zero-order chi connectivity index (χ0) is 20.2. The number of benzene rings is 3. The summed E-state index contributed by atoms with van der Waals surface area (Å²) in [7, 11) is -0.0527. The van der Waals surface area contributed by atoms with Gasteiger partial charge in [0.25, 0.3) is 0 Å². The van der Waals surface area contributed by atoms with Gasteiger partial charge in [0.2, 0.25) is 0 Å². The fourth-order valence-electron chi connectivity index (χ4n) is 5.45. The Morgan fingerprint density at radius 1 is 0.533 bits per heavy atom. The highest BCUT2D eigenvalue weighted by Gasteiger charge is 2.34. The molecule has 2 aliphatic rings. The Bertz CT molecular complexity index is 859. The van der Waals surface area contributed by atoms with Crippen LogP contribution in [0.25, 0.3) is 0 Å². The molecule has 2 saturated heterocycles. The Balaban J connectivity index is 1.39. The van der Waals surface area contributed by atoms with Crippen molar-refractivity contribution in [3.05, 3.63) is 96.1 Å². The maximum Gasteiger partial charge on any atom is -0.0128 e. The molecule has 0 nitrogen and oxygen atoms in total. The van der Waals surface area contributed by atoms with Crippen molar-refractivity contribution in [1.82, 2.24) is 0 Å². The van der Waals surface area contributed by atoms with E-state index in [1.54, 1.807) is 10.6 Å². The maximum absolute atomic E-state index is 2.52. The number of rotatable bonds is 6. The van der Waals surface area contributed by atoms with Gasteiger partial charge in [-0.15, -0.1) is 0 Å². The summed E-state index contributed by atoms with van der Waals surface area (Å²) in [6.45, 7) is 0. The van der Waals surface area contributed by atoms with Gasteiger partial charge in [-0.2, -0.15) is 0 Å². The molecule has 4 atom stereocenters. The first-order valence-electron chi connectivity index (χ1n) is 11.6. The van der Waals surface area contributed by atoms with Gasteiger partial charge < -0.3 is 0 Å². The highest BCUT2D eigenvalue weighted by atomic mass is 31.1. The van der Waals surface area contributed by atoms with Gasteiger partial charge in [-0.25, -0.2) is 0 Å². The minimum absolute atomic E-state index is 0.0263. The van der Waals surface area contributed by atoms with Crippen molar-refractivity contribution in [3.63, 3.8) is 0 Å². The van der Waals surface area contributed by atoms with E-state index < -0.39 is 0 Å². The summed E-state index contributed by atoms with van der Waals surface area (Å²) in [5.74, 6) is 0. The topological polar surface area (TPSA) is 0 Å². The molecule has 0 radical (unpaired) electrons. The normalized spacial score (nSPS) is 26.1. The molecule has 3 aromatic carbocycles. The van der Waals surface area contributed by atoms with Crippen LogP contribution in [-0.2, 0) is 12.8 Å². The van der Waals surface area contributed by atoms with E-state index in [4.69, 9.17) is 0 Å². The van der Waals surface area contributed by atoms with E-state index in [2.05, 4.69) is 84.9 Å². The second-order valence-corrected chi connectivity index (χ2v) is 14.0. The molecule has 0 saturated carbocycles. The standard InChI is InChI=1S/C28H32P2/c1-3-11-23(12-4-1)21-25-15-9-19-29(25)27-17-7-8-18-28(27)30-20-10-16-26(30)22-24-13-5-2-6-14-24/h1-8,11-14,17-18,25-26H,9-10,15-16,19-22H2/t25-,26-,29-,30-/m1/s1. The van der Waals surface area contributed by atoms with E-state index in [1.807, 2.05) is 0 Å². The molecule has 154 valence electrons. The Morgan fingerprint density at radius 3 is 1.37 bits per heavy atom. The largest absolute Gasteiger partial charge is 0.0711 e. The Hall–Kier alpha value is -1.48. The van der Waals surface area contributed by atoms with Gasteiger partial charge in [0.1, 0.15) is 0 Å². The second-order valence-electron chi connectivity index (χ2n) is 8.85. The predicted molar refractivity (Wildman–Crippen MR) is 136 cm³/mol. The molecule has 0 aromatic heterocycles. The summed E-state index contributed by atoms with van der Waals surface area (Å²) in [4.78, 5) is 0. The van der Waals surface area contributed by atoms with Gasteiger partial charge in [-0.1, -0.05) is 101 Å². The zero-order valence-corrected chi connectivity index (χ0v) is 19.6. The first-order valence-corrected chi connectivity index (χ1v) is 14.8. The third kappa shape index (κ3) is 4.56. The molecule has 5 rings (SSSR count). The van der Waals surface area contributed by atoms with E-state index in [-0.39, 0.29) is 15.8 Å². The molecule has 3 aromatic rings. The Kier molecular flexibility index (Phi) is 6.65. The zero-order valence-electron chi connectivity index (χ0n) is 17.8. The Labute approximate surface area is 184 Å². The van der Waals surface area contributed by atoms with Gasteiger partial charge in [0.05, 0.1) is 0 Å². The van der Waals surface area contributed by atoms with E-state index >= 15 is 0 Å². The molecule has 0 N–H and O–H groups in total. The van der Waals surface area contributed by atoms with Crippen molar-refractivity contribution in [2.75, 3.05) is 12.3 Å². The van der Waals surface area contributed by atoms with E-state index in [9.17, 15) is 0 Å². The minimum atomic E-state index is -0.0263. The van der Waals surface area contributed by atoms with Gasteiger partial charge in [0.15, 0.2) is 0 Å². The van der Waals surface area contributed by atoms with Gasteiger partial charge in [0, 0.05) is 0 Å². The van der Waals surface area contributed by atoms with Crippen LogP contribution < -0.4 is 10.6 Å². The summed E-state index contributed by atoms with van der Waals surface area (Å²) < 4.78 is 0. The van der Waals surface area contributed by atoms with Gasteiger partial charge in [-0.05, 0) is 83.9 Å². The molecule has 0 unspecified atom stereocenters. The Morgan fingerprint density at radius 2 is 0.933 bits per heavy atom. The lowest BCUT2D eigenvalue weighted by Crippen LogP contribution is -2.28. The SMILES string of the molecule is c1ccc(C[C@H]2CCC[P@@]2c2ccccc2[P@]2CCC[C@@H]2Cc2ccccc2)cc1. The summed E-state index contributed by atoms with van der Waals surface area (Å²) >= 11 is 0. The van der Waals surface area contributed by atoms with Crippen molar-refractivity contribution < 1.29 is 0 Å². The summed E-state index contributed by atoms with van der Waals surface area (Å²) in [5.41, 5.74) is 4.80. The van der Waals surface area contributed by atoms with Gasteiger partial charge >= 0.3 is 0 Å². The first kappa shape index (κ1) is 20.4. The lowest BCUT2D eigenvalue weighted by atomic mass is 10.1. The van der Waals surface area contributed by atoms with Crippen molar-refractivity contribution in [1.29, 1.82) is 0 Å². The second kappa shape index (κ2) is 9.77. The molecule has 0 amide bonds. The van der Waals surface area contributed by atoms with Crippen LogP contribution >= 0.6 is 15.8 Å². The van der Waals surface area contributed by atoms with Crippen LogP contribution in [0.1, 0.15) is 36.8 Å². The smallest absolute Gasteiger partial charge is 0.0128 e. The molecule has 30 heavy (non-hydrogen) atoms. The molecule has 2 heterocycles. The van der Waals surface area contributed by atoms with Crippen molar-refractivity contribution in [2.45, 2.75) is 49.8 Å². The fraction of sp³-hybridized carbons (Fsp3) is 0.357.